The first-order valence-electron chi connectivity index (χ1n) is 11.1. The molecule has 0 amide bonds. The van der Waals surface area contributed by atoms with Crippen molar-refractivity contribution in [1.82, 2.24) is 5.32 Å². The maximum atomic E-state index is 10.7. The summed E-state index contributed by atoms with van der Waals surface area (Å²) in [6.45, 7) is -1.80. The Labute approximate surface area is 211 Å². The maximum absolute atomic E-state index is 10.7. The molecule has 1 aliphatic heterocycles. The van der Waals surface area contributed by atoms with Crippen LogP contribution in [-0.2, 0) is 26.5 Å². The number of ether oxygens (including phenoxy) is 2. The minimum atomic E-state index is -1.75. The van der Waals surface area contributed by atoms with Gasteiger partial charge in [-0.25, -0.2) is 0 Å². The molecule has 15 heteroatoms. The van der Waals surface area contributed by atoms with E-state index in [0.717, 1.165) is 0 Å². The Bertz CT molecular complexity index is 700. The smallest absolute Gasteiger partial charge is 0.187 e. The molecule has 0 bridgehead atoms. The standard InChI is InChI=1S/C20H35NO13.Cu/c22-3-6-1-8(12(26)15(29)11(6)25)21-9-2-7(4-23)19(17(31)13(9)27)34-20-18(32)16(30)14(28)10(5-24)33-20;/h1,7-32H,2-5H2;/t7-,8+,9+,10-,11-,12+,13+,14-,15+,16+,17-,18-,19-,20+;/m1./s1. The van der Waals surface area contributed by atoms with Crippen molar-refractivity contribution in [1.29, 1.82) is 0 Å². The Morgan fingerprint density at radius 3 is 2.03 bits per heavy atom. The van der Waals surface area contributed by atoms with E-state index in [-0.39, 0.29) is 29.1 Å². The topological polar surface area (TPSA) is 253 Å². The first-order valence-corrected chi connectivity index (χ1v) is 11.1. The second kappa shape index (κ2) is 13.0. The Kier molecular flexibility index (Phi) is 11.5. The van der Waals surface area contributed by atoms with Crippen molar-refractivity contribution in [2.45, 2.75) is 85.8 Å². The first-order chi connectivity index (χ1) is 16.0. The summed E-state index contributed by atoms with van der Waals surface area (Å²) in [5.41, 5.74) is 0.0590. The van der Waals surface area contributed by atoms with E-state index in [1.54, 1.807) is 0 Å². The summed E-state index contributed by atoms with van der Waals surface area (Å²) >= 11 is 0. The van der Waals surface area contributed by atoms with Gasteiger partial charge in [-0.05, 0) is 12.0 Å². The molecule has 1 radical (unpaired) electrons. The van der Waals surface area contributed by atoms with E-state index in [1.807, 2.05) is 0 Å². The van der Waals surface area contributed by atoms with Gasteiger partial charge in [0.15, 0.2) is 6.29 Å². The molecule has 209 valence electrons. The van der Waals surface area contributed by atoms with Crippen molar-refractivity contribution >= 4 is 0 Å². The van der Waals surface area contributed by atoms with Crippen LogP contribution in [0.3, 0.4) is 0 Å². The zero-order valence-corrected chi connectivity index (χ0v) is 19.5. The van der Waals surface area contributed by atoms with Crippen LogP contribution in [0.15, 0.2) is 11.6 Å². The molecule has 0 spiro atoms. The molecule has 1 heterocycles. The van der Waals surface area contributed by atoms with Gasteiger partial charge in [0.05, 0.1) is 31.5 Å². The van der Waals surface area contributed by atoms with E-state index in [0.29, 0.717) is 0 Å². The summed E-state index contributed by atoms with van der Waals surface area (Å²) in [4.78, 5) is 0. The largest absolute Gasteiger partial charge is 0.396 e. The van der Waals surface area contributed by atoms with Crippen LogP contribution >= 0.6 is 0 Å². The summed E-state index contributed by atoms with van der Waals surface area (Å²) in [7, 11) is 0. The predicted molar refractivity (Wildman–Crippen MR) is 110 cm³/mol. The Morgan fingerprint density at radius 2 is 1.46 bits per heavy atom. The maximum Gasteiger partial charge on any atom is 0.187 e. The minimum absolute atomic E-state index is 0. The molecule has 1 saturated carbocycles. The first kappa shape index (κ1) is 30.9. The Balaban J connectivity index is 0.00000432. The molecule has 2 fully saturated rings. The normalized spacial score (nSPS) is 48.7. The summed E-state index contributed by atoms with van der Waals surface area (Å²) in [5, 5.41) is 113. The van der Waals surface area contributed by atoms with E-state index in [4.69, 9.17) is 9.47 Å². The number of hydrogen-bond donors (Lipinski definition) is 12. The quantitative estimate of drug-likeness (QED) is 0.102. The van der Waals surface area contributed by atoms with Crippen LogP contribution in [0.1, 0.15) is 6.42 Å². The SMILES string of the molecule is OCC1=C[C@H](N[C@H]2C[C@H](CO)[C@@H](O[C@@H]3O[C@H](CO)[C@@H](O)[C@H](O)[C@H]3O)[C@H](O)[C@H]2O)[C@H](O)[C@@H](O)[C@@H]1O.[Cu]. The third-order valence-corrected chi connectivity index (χ3v) is 6.90. The van der Waals surface area contributed by atoms with E-state index >= 15 is 0 Å². The van der Waals surface area contributed by atoms with Gasteiger partial charge in [-0.3, -0.25) is 0 Å². The summed E-state index contributed by atoms with van der Waals surface area (Å²) in [6.07, 6.45) is -15.7. The molecule has 0 unspecified atom stereocenters. The number of nitrogens with one attached hydrogen (secondary N) is 1. The fourth-order valence-electron chi connectivity index (χ4n) is 4.77. The van der Waals surface area contributed by atoms with Crippen molar-refractivity contribution < 1.29 is 82.7 Å². The molecule has 14 nitrogen and oxygen atoms in total. The number of rotatable bonds is 7. The molecule has 14 atom stereocenters. The van der Waals surface area contributed by atoms with Gasteiger partial charge in [-0.2, -0.15) is 0 Å². The number of hydrogen-bond acceptors (Lipinski definition) is 14. The molecule has 0 aromatic heterocycles. The van der Waals surface area contributed by atoms with Crippen LogP contribution in [0.25, 0.3) is 0 Å². The van der Waals surface area contributed by atoms with Crippen molar-refractivity contribution in [2.75, 3.05) is 19.8 Å². The van der Waals surface area contributed by atoms with E-state index in [9.17, 15) is 56.2 Å². The second-order valence-corrected chi connectivity index (χ2v) is 9.08. The van der Waals surface area contributed by atoms with Crippen LogP contribution in [0.2, 0.25) is 0 Å². The molecule has 3 rings (SSSR count). The monoisotopic (exact) mass is 560 g/mol. The van der Waals surface area contributed by atoms with Crippen LogP contribution < -0.4 is 5.32 Å². The van der Waals surface area contributed by atoms with Crippen LogP contribution in [0, 0.1) is 5.92 Å². The van der Waals surface area contributed by atoms with Crippen molar-refractivity contribution in [3.8, 4) is 0 Å². The average Bonchev–Trinajstić information content (AvgIpc) is 2.83. The van der Waals surface area contributed by atoms with Crippen LogP contribution in [0.4, 0.5) is 0 Å². The molecule has 0 aromatic rings. The zero-order chi connectivity index (χ0) is 25.3. The van der Waals surface area contributed by atoms with Gasteiger partial charge in [-0.1, -0.05) is 6.08 Å². The van der Waals surface area contributed by atoms with E-state index < -0.39 is 105 Å². The predicted octanol–water partition coefficient (Wildman–Crippen LogP) is -6.76. The van der Waals surface area contributed by atoms with Crippen LogP contribution in [-0.4, -0.2) is 155 Å². The Hall–Kier alpha value is -0.301. The van der Waals surface area contributed by atoms with Gasteiger partial charge in [0.1, 0.15) is 48.8 Å². The van der Waals surface area contributed by atoms with Crippen molar-refractivity contribution in [3.63, 3.8) is 0 Å². The van der Waals surface area contributed by atoms with Crippen LogP contribution in [0.5, 0.6) is 0 Å². The Morgan fingerprint density at radius 1 is 0.800 bits per heavy atom. The summed E-state index contributed by atoms with van der Waals surface area (Å²) < 4.78 is 10.9. The minimum Gasteiger partial charge on any atom is -0.396 e. The molecule has 3 aliphatic rings. The number of aliphatic hydroxyl groups excluding tert-OH is 11. The number of aliphatic hydroxyl groups is 11. The molecular weight excluding hydrogens is 526 g/mol. The van der Waals surface area contributed by atoms with E-state index in [2.05, 4.69) is 5.32 Å². The van der Waals surface area contributed by atoms with Gasteiger partial charge < -0.3 is 71.0 Å². The summed E-state index contributed by atoms with van der Waals surface area (Å²) in [6, 6.07) is -1.94. The third kappa shape index (κ3) is 6.23. The van der Waals surface area contributed by atoms with E-state index in [1.165, 1.54) is 6.08 Å². The second-order valence-electron chi connectivity index (χ2n) is 9.08. The molecular formula is C20H35CuNO13. The van der Waals surface area contributed by atoms with Gasteiger partial charge in [0.25, 0.3) is 0 Å². The third-order valence-electron chi connectivity index (χ3n) is 6.90. The van der Waals surface area contributed by atoms with Gasteiger partial charge in [-0.15, -0.1) is 0 Å². The fourth-order valence-corrected chi connectivity index (χ4v) is 4.77. The van der Waals surface area contributed by atoms with Gasteiger partial charge in [0, 0.05) is 35.6 Å². The van der Waals surface area contributed by atoms with Crippen molar-refractivity contribution in [3.05, 3.63) is 11.6 Å². The molecule has 12 N–H and O–H groups in total. The zero-order valence-electron chi connectivity index (χ0n) is 18.5. The molecule has 2 aliphatic carbocycles. The average molecular weight is 561 g/mol. The summed E-state index contributed by atoms with van der Waals surface area (Å²) in [5.74, 6) is -0.833. The molecule has 35 heavy (non-hydrogen) atoms. The fraction of sp³-hybridized carbons (Fsp3) is 0.900. The van der Waals surface area contributed by atoms with Crippen molar-refractivity contribution in [2.24, 2.45) is 5.92 Å². The van der Waals surface area contributed by atoms with Gasteiger partial charge >= 0.3 is 0 Å². The molecule has 0 aromatic carbocycles. The van der Waals surface area contributed by atoms with Gasteiger partial charge in [0.2, 0.25) is 0 Å². The molecule has 1 saturated heterocycles.